The molecule has 0 atom stereocenters. The van der Waals surface area contributed by atoms with Crippen LogP contribution in [0, 0.1) is 5.92 Å². The Bertz CT molecular complexity index is 90.1. The van der Waals surface area contributed by atoms with Gasteiger partial charge in [0.15, 0.2) is 0 Å². The lowest BCUT2D eigenvalue weighted by Crippen LogP contribution is -2.10. The van der Waals surface area contributed by atoms with E-state index in [1.54, 1.807) is 0 Å². The molecule has 0 saturated carbocycles. The second kappa shape index (κ2) is 17.5. The largest absolute Gasteiger partial charge is 0.480 e. The van der Waals surface area contributed by atoms with Gasteiger partial charge in [0, 0.05) is 6.61 Å². The van der Waals surface area contributed by atoms with E-state index in [1.807, 2.05) is 6.92 Å². The van der Waals surface area contributed by atoms with E-state index in [1.165, 1.54) is 0 Å². The van der Waals surface area contributed by atoms with Crippen LogP contribution in [-0.2, 0) is 4.79 Å². The molecule has 0 aromatic heterocycles. The standard InChI is InChI=1S/C4H10.C3H8O.C2H5NO2/c1-4(2)3;1-2-3-4;3-1-2(4)5/h4H,1-3H3;4H,2-3H2,1H3;1,3H2,(H,4,5). The molecule has 4 N–H and O–H groups in total. The highest BCUT2D eigenvalue weighted by atomic mass is 16.4. The molecule has 82 valence electrons. The fourth-order valence-electron chi connectivity index (χ4n) is 0. The van der Waals surface area contributed by atoms with Crippen LogP contribution >= 0.6 is 0 Å². The van der Waals surface area contributed by atoms with E-state index < -0.39 is 5.97 Å². The smallest absolute Gasteiger partial charge is 0.317 e. The van der Waals surface area contributed by atoms with Gasteiger partial charge in [0.2, 0.25) is 0 Å². The molecule has 13 heavy (non-hydrogen) atoms. The van der Waals surface area contributed by atoms with Gasteiger partial charge in [-0.15, -0.1) is 0 Å². The maximum absolute atomic E-state index is 9.24. The van der Waals surface area contributed by atoms with Crippen LogP contribution in [0.3, 0.4) is 0 Å². The van der Waals surface area contributed by atoms with Gasteiger partial charge in [-0.05, 0) is 12.3 Å². The van der Waals surface area contributed by atoms with Crippen LogP contribution < -0.4 is 5.73 Å². The predicted molar refractivity (Wildman–Crippen MR) is 54.6 cm³/mol. The number of carboxylic acids is 1. The summed E-state index contributed by atoms with van der Waals surface area (Å²) < 4.78 is 0. The van der Waals surface area contributed by atoms with Crippen LogP contribution in [-0.4, -0.2) is 29.3 Å². The molecule has 0 aliphatic rings. The molecule has 0 spiro atoms. The van der Waals surface area contributed by atoms with Gasteiger partial charge in [0.1, 0.15) is 0 Å². The Balaban J connectivity index is -0.000000117. The number of carboxylic acid groups (broad SMARTS) is 1. The van der Waals surface area contributed by atoms with E-state index in [2.05, 4.69) is 26.5 Å². The van der Waals surface area contributed by atoms with E-state index in [0.29, 0.717) is 6.61 Å². The molecular formula is C9H23NO3. The number of aliphatic hydroxyl groups excluding tert-OH is 1. The first-order chi connectivity index (χ1) is 5.92. The summed E-state index contributed by atoms with van der Waals surface area (Å²) in [5.41, 5.74) is 4.57. The number of hydrogen-bond acceptors (Lipinski definition) is 3. The fraction of sp³-hybridized carbons (Fsp3) is 0.889. The molecule has 0 bridgehead atoms. The van der Waals surface area contributed by atoms with Gasteiger partial charge in [0.05, 0.1) is 6.54 Å². The number of rotatable bonds is 2. The van der Waals surface area contributed by atoms with Crippen molar-refractivity contribution in [3.63, 3.8) is 0 Å². The summed E-state index contributed by atoms with van der Waals surface area (Å²) >= 11 is 0. The van der Waals surface area contributed by atoms with Crippen molar-refractivity contribution in [2.24, 2.45) is 11.7 Å². The molecule has 0 aliphatic carbocycles. The molecule has 4 heteroatoms. The first kappa shape index (κ1) is 18.2. The SMILES string of the molecule is CC(C)C.CCCO.NCC(=O)O. The Hall–Kier alpha value is -0.610. The topological polar surface area (TPSA) is 83.5 Å². The highest BCUT2D eigenvalue weighted by molar-refractivity contribution is 5.68. The Labute approximate surface area is 80.8 Å². The van der Waals surface area contributed by atoms with Crippen LogP contribution in [0.5, 0.6) is 0 Å². The van der Waals surface area contributed by atoms with Crippen molar-refractivity contribution in [3.8, 4) is 0 Å². The first-order valence-electron chi connectivity index (χ1n) is 4.44. The second-order valence-electron chi connectivity index (χ2n) is 3.05. The average Bonchev–Trinajstić information content (AvgIpc) is 2.04. The molecule has 0 fully saturated rings. The molecule has 0 heterocycles. The van der Waals surface area contributed by atoms with Gasteiger partial charge < -0.3 is 15.9 Å². The average molecular weight is 193 g/mol. The summed E-state index contributed by atoms with van der Waals surface area (Å²) in [5, 5.41) is 15.5. The number of nitrogens with two attached hydrogens (primary N) is 1. The van der Waals surface area contributed by atoms with Crippen molar-refractivity contribution in [1.29, 1.82) is 0 Å². The van der Waals surface area contributed by atoms with Crippen LogP contribution in [0.25, 0.3) is 0 Å². The number of hydrogen-bond donors (Lipinski definition) is 3. The minimum absolute atomic E-state index is 0.278. The van der Waals surface area contributed by atoms with Gasteiger partial charge >= 0.3 is 5.97 Å². The summed E-state index contributed by atoms with van der Waals surface area (Å²) in [6.07, 6.45) is 0.875. The summed E-state index contributed by atoms with van der Waals surface area (Å²) in [5.74, 6) is -0.134. The molecular weight excluding hydrogens is 170 g/mol. The number of carbonyl (C=O) groups is 1. The van der Waals surface area contributed by atoms with Crippen LogP contribution in [0.15, 0.2) is 0 Å². The molecule has 0 saturated heterocycles. The van der Waals surface area contributed by atoms with Crippen LogP contribution in [0.1, 0.15) is 34.1 Å². The summed E-state index contributed by atoms with van der Waals surface area (Å²) in [7, 11) is 0. The van der Waals surface area contributed by atoms with Crippen molar-refractivity contribution in [2.75, 3.05) is 13.2 Å². The fourth-order valence-corrected chi connectivity index (χ4v) is 0. The molecule has 0 aliphatic heterocycles. The van der Waals surface area contributed by atoms with E-state index in [-0.39, 0.29) is 6.54 Å². The zero-order chi connectivity index (χ0) is 11.3. The Morgan fingerprint density at radius 3 is 1.54 bits per heavy atom. The third kappa shape index (κ3) is 176. The van der Waals surface area contributed by atoms with Crippen molar-refractivity contribution in [1.82, 2.24) is 0 Å². The lowest BCUT2D eigenvalue weighted by Gasteiger charge is -1.79. The molecule has 4 nitrogen and oxygen atoms in total. The third-order valence-corrected chi connectivity index (χ3v) is 0.398. The molecule has 0 aromatic carbocycles. The highest BCUT2D eigenvalue weighted by Crippen LogP contribution is 1.81. The maximum Gasteiger partial charge on any atom is 0.317 e. The normalized spacial score (nSPS) is 7.92. The highest BCUT2D eigenvalue weighted by Gasteiger charge is 1.81. The van der Waals surface area contributed by atoms with Crippen molar-refractivity contribution < 1.29 is 15.0 Å². The Morgan fingerprint density at radius 1 is 1.38 bits per heavy atom. The quantitative estimate of drug-likeness (QED) is 0.612. The summed E-state index contributed by atoms with van der Waals surface area (Å²) in [4.78, 5) is 9.24. The van der Waals surface area contributed by atoms with E-state index in [0.717, 1.165) is 12.3 Å². The van der Waals surface area contributed by atoms with Crippen LogP contribution in [0.2, 0.25) is 0 Å². The van der Waals surface area contributed by atoms with E-state index >= 15 is 0 Å². The predicted octanol–water partition coefficient (Wildman–Crippen LogP) is 1.08. The van der Waals surface area contributed by atoms with Crippen molar-refractivity contribution in [3.05, 3.63) is 0 Å². The number of aliphatic hydroxyl groups is 1. The van der Waals surface area contributed by atoms with Gasteiger partial charge in [-0.1, -0.05) is 27.7 Å². The van der Waals surface area contributed by atoms with Gasteiger partial charge in [0.25, 0.3) is 0 Å². The second-order valence-corrected chi connectivity index (χ2v) is 3.05. The monoisotopic (exact) mass is 193 g/mol. The third-order valence-electron chi connectivity index (χ3n) is 0.398. The minimum Gasteiger partial charge on any atom is -0.480 e. The zero-order valence-corrected chi connectivity index (χ0v) is 9.08. The summed E-state index contributed by atoms with van der Waals surface area (Å²) in [6.45, 7) is 8.47. The van der Waals surface area contributed by atoms with Crippen LogP contribution in [0.4, 0.5) is 0 Å². The Morgan fingerprint density at radius 2 is 1.54 bits per heavy atom. The minimum atomic E-state index is -0.968. The van der Waals surface area contributed by atoms with E-state index in [4.69, 9.17) is 10.2 Å². The zero-order valence-electron chi connectivity index (χ0n) is 9.08. The van der Waals surface area contributed by atoms with Crippen molar-refractivity contribution >= 4 is 5.97 Å². The maximum atomic E-state index is 9.24. The molecule has 0 radical (unpaired) electrons. The molecule has 0 aromatic rings. The molecule has 0 amide bonds. The molecule has 0 unspecified atom stereocenters. The first-order valence-corrected chi connectivity index (χ1v) is 4.44. The van der Waals surface area contributed by atoms with E-state index in [9.17, 15) is 4.79 Å². The van der Waals surface area contributed by atoms with Gasteiger partial charge in [-0.2, -0.15) is 0 Å². The number of aliphatic carboxylic acids is 1. The summed E-state index contributed by atoms with van der Waals surface area (Å²) in [6, 6.07) is 0. The lowest BCUT2D eigenvalue weighted by atomic mass is 10.3. The van der Waals surface area contributed by atoms with Gasteiger partial charge in [-0.25, -0.2) is 0 Å². The van der Waals surface area contributed by atoms with Crippen molar-refractivity contribution in [2.45, 2.75) is 34.1 Å². The van der Waals surface area contributed by atoms with Gasteiger partial charge in [-0.3, -0.25) is 4.79 Å². The Kier molecular flexibility index (Phi) is 24.5. The molecule has 0 rings (SSSR count). The lowest BCUT2D eigenvalue weighted by molar-refractivity contribution is -0.135.